The zero-order chi connectivity index (χ0) is 17.2. The van der Waals surface area contributed by atoms with Gasteiger partial charge in [0.1, 0.15) is 0 Å². The molecular formula is C21H20INO2. The van der Waals surface area contributed by atoms with E-state index in [0.717, 1.165) is 19.4 Å². The molecule has 2 N–H and O–H groups in total. The first kappa shape index (κ1) is 15.8. The summed E-state index contributed by atoms with van der Waals surface area (Å²) in [5.74, 6) is -0.413. The number of hydrogen-bond donors (Lipinski definition) is 2. The van der Waals surface area contributed by atoms with Gasteiger partial charge >= 0.3 is 5.97 Å². The van der Waals surface area contributed by atoms with Gasteiger partial charge in [-0.05, 0) is 64.3 Å². The Kier molecular flexibility index (Phi) is 3.36. The summed E-state index contributed by atoms with van der Waals surface area (Å²) < 4.78 is 1.23. The number of carboxylic acid groups (broad SMARTS) is 1. The molecule has 0 spiro atoms. The Balaban J connectivity index is 1.87. The molecule has 25 heavy (non-hydrogen) atoms. The fourth-order valence-electron chi connectivity index (χ4n) is 6.10. The Hall–Kier alpha value is -1.40. The highest BCUT2D eigenvalue weighted by atomic mass is 127. The lowest BCUT2D eigenvalue weighted by Gasteiger charge is -2.59. The van der Waals surface area contributed by atoms with Crippen LogP contribution in [0.1, 0.15) is 35.4 Å². The van der Waals surface area contributed by atoms with Gasteiger partial charge in [0.25, 0.3) is 0 Å². The first-order valence-electron chi connectivity index (χ1n) is 8.90. The average Bonchev–Trinajstić information content (AvgIpc) is 3.10. The average molecular weight is 445 g/mol. The van der Waals surface area contributed by atoms with Gasteiger partial charge in [-0.15, -0.1) is 0 Å². The van der Waals surface area contributed by atoms with Crippen LogP contribution in [-0.4, -0.2) is 24.2 Å². The molecule has 2 fully saturated rings. The third-order valence-corrected chi connectivity index (χ3v) is 7.66. The molecule has 0 aromatic heterocycles. The Morgan fingerprint density at radius 3 is 2.76 bits per heavy atom. The molecule has 1 aliphatic heterocycles. The van der Waals surface area contributed by atoms with Crippen LogP contribution in [0.4, 0.5) is 0 Å². The highest BCUT2D eigenvalue weighted by molar-refractivity contribution is 14.1. The third kappa shape index (κ3) is 1.82. The van der Waals surface area contributed by atoms with E-state index < -0.39 is 11.4 Å². The molecule has 128 valence electrons. The van der Waals surface area contributed by atoms with Gasteiger partial charge in [-0.2, -0.15) is 0 Å². The molecule has 4 heteroatoms. The number of aliphatic carboxylic acids is 1. The molecule has 3 aliphatic carbocycles. The van der Waals surface area contributed by atoms with Gasteiger partial charge in [-0.25, -0.2) is 0 Å². The Labute approximate surface area is 161 Å². The Morgan fingerprint density at radius 1 is 1.20 bits per heavy atom. The molecule has 6 rings (SSSR count). The van der Waals surface area contributed by atoms with Crippen molar-refractivity contribution in [2.75, 3.05) is 13.1 Å². The molecular weight excluding hydrogens is 425 g/mol. The van der Waals surface area contributed by atoms with Crippen LogP contribution in [0.3, 0.4) is 0 Å². The lowest BCUT2D eigenvalue weighted by Crippen LogP contribution is -2.60. The van der Waals surface area contributed by atoms with Crippen molar-refractivity contribution < 1.29 is 9.90 Å². The number of fused-ring (bicyclic) bond motifs is 1. The minimum Gasteiger partial charge on any atom is -0.481 e. The fraction of sp³-hybridized carbons (Fsp3) is 0.381. The van der Waals surface area contributed by atoms with E-state index in [1.54, 1.807) is 0 Å². The van der Waals surface area contributed by atoms with Crippen molar-refractivity contribution in [3.8, 4) is 0 Å². The zero-order valence-electron chi connectivity index (χ0n) is 13.8. The van der Waals surface area contributed by atoms with Crippen molar-refractivity contribution in [1.82, 2.24) is 5.32 Å². The van der Waals surface area contributed by atoms with Crippen LogP contribution in [0, 0.1) is 14.9 Å². The Bertz CT molecular complexity index is 867. The minimum absolute atomic E-state index is 0.101. The van der Waals surface area contributed by atoms with E-state index in [9.17, 15) is 9.90 Å². The third-order valence-electron chi connectivity index (χ3n) is 6.99. The van der Waals surface area contributed by atoms with Crippen molar-refractivity contribution in [2.45, 2.75) is 24.2 Å². The summed E-state index contributed by atoms with van der Waals surface area (Å²) in [6.45, 7) is 1.36. The van der Waals surface area contributed by atoms with Crippen molar-refractivity contribution in [2.24, 2.45) is 11.3 Å². The lowest BCUT2D eigenvalue weighted by molar-refractivity contribution is -0.157. The van der Waals surface area contributed by atoms with E-state index in [-0.39, 0.29) is 17.3 Å². The molecule has 0 amide bonds. The number of halogens is 1. The maximum absolute atomic E-state index is 12.6. The Morgan fingerprint density at radius 2 is 2.00 bits per heavy atom. The molecule has 4 aliphatic rings. The molecule has 1 saturated carbocycles. The standard InChI is InChI=1S/C21H20INO2/c22-14-6-7-15-16-8-9-20(17(15)10-14,13-4-2-1-3-5-13)18-11-23-12-21(16,18)19(24)25/h1-7,10,16,18,23H,8-9,11-12H2,(H,24,25). The van der Waals surface area contributed by atoms with E-state index in [1.165, 1.54) is 20.3 Å². The van der Waals surface area contributed by atoms with Crippen LogP contribution >= 0.6 is 22.6 Å². The van der Waals surface area contributed by atoms with Gasteiger partial charge in [-0.3, -0.25) is 4.79 Å². The number of carbonyl (C=O) groups is 1. The maximum Gasteiger partial charge on any atom is 0.311 e. The zero-order valence-corrected chi connectivity index (χ0v) is 16.0. The smallest absolute Gasteiger partial charge is 0.311 e. The maximum atomic E-state index is 12.6. The second-order valence-corrected chi connectivity index (χ2v) is 8.93. The minimum atomic E-state index is -0.687. The van der Waals surface area contributed by atoms with E-state index in [1.807, 2.05) is 6.07 Å². The molecule has 1 saturated heterocycles. The first-order valence-corrected chi connectivity index (χ1v) is 9.98. The van der Waals surface area contributed by atoms with E-state index in [0.29, 0.717) is 6.54 Å². The van der Waals surface area contributed by atoms with Crippen molar-refractivity contribution in [3.63, 3.8) is 0 Å². The summed E-state index contributed by atoms with van der Waals surface area (Å²) in [4.78, 5) is 12.6. The van der Waals surface area contributed by atoms with Gasteiger partial charge in [0, 0.05) is 33.9 Å². The van der Waals surface area contributed by atoms with Crippen LogP contribution in [0.25, 0.3) is 0 Å². The number of carboxylic acids is 1. The highest BCUT2D eigenvalue weighted by Gasteiger charge is 2.68. The molecule has 2 aromatic carbocycles. The summed E-state index contributed by atoms with van der Waals surface area (Å²) in [6, 6.07) is 17.2. The van der Waals surface area contributed by atoms with Crippen LogP contribution in [0.15, 0.2) is 48.5 Å². The summed E-state index contributed by atoms with van der Waals surface area (Å²) in [7, 11) is 0. The number of hydrogen-bond acceptors (Lipinski definition) is 2. The molecule has 2 bridgehead atoms. The van der Waals surface area contributed by atoms with Crippen molar-refractivity contribution in [3.05, 3.63) is 68.8 Å². The predicted molar refractivity (Wildman–Crippen MR) is 105 cm³/mol. The number of benzene rings is 2. The summed E-state index contributed by atoms with van der Waals surface area (Å²) in [5.41, 5.74) is 3.02. The van der Waals surface area contributed by atoms with Crippen LogP contribution < -0.4 is 5.32 Å². The van der Waals surface area contributed by atoms with Crippen LogP contribution in [0.5, 0.6) is 0 Å². The molecule has 4 atom stereocenters. The van der Waals surface area contributed by atoms with Gasteiger partial charge in [0.15, 0.2) is 0 Å². The van der Waals surface area contributed by atoms with Gasteiger partial charge < -0.3 is 10.4 Å². The molecule has 0 radical (unpaired) electrons. The topological polar surface area (TPSA) is 49.3 Å². The van der Waals surface area contributed by atoms with Crippen LogP contribution in [0.2, 0.25) is 0 Å². The van der Waals surface area contributed by atoms with E-state index in [2.05, 4.69) is 70.4 Å². The number of nitrogens with one attached hydrogen (secondary N) is 1. The molecule has 2 aromatic rings. The molecule has 4 unspecified atom stereocenters. The van der Waals surface area contributed by atoms with E-state index in [4.69, 9.17) is 0 Å². The first-order chi connectivity index (χ1) is 12.1. The summed E-state index contributed by atoms with van der Waals surface area (Å²) in [5, 5.41) is 13.8. The number of rotatable bonds is 2. The predicted octanol–water partition coefficient (Wildman–Crippen LogP) is 3.76. The second-order valence-electron chi connectivity index (χ2n) is 7.69. The van der Waals surface area contributed by atoms with Gasteiger partial charge in [0.2, 0.25) is 0 Å². The summed E-state index contributed by atoms with van der Waals surface area (Å²) in [6.07, 6.45) is 1.99. The largest absolute Gasteiger partial charge is 0.481 e. The van der Waals surface area contributed by atoms with Crippen molar-refractivity contribution >= 4 is 28.6 Å². The van der Waals surface area contributed by atoms with Gasteiger partial charge in [0.05, 0.1) is 5.41 Å². The fourth-order valence-corrected chi connectivity index (χ4v) is 6.59. The second kappa shape index (κ2) is 5.30. The molecule has 1 heterocycles. The quantitative estimate of drug-likeness (QED) is 0.693. The lowest BCUT2D eigenvalue weighted by atomic mass is 9.42. The normalized spacial score (nSPS) is 35.2. The SMILES string of the molecule is O=C(O)C12CNCC1C1(c3ccccc3)CCC2c2ccc(I)cc21. The summed E-state index contributed by atoms with van der Waals surface area (Å²) >= 11 is 2.38. The highest BCUT2D eigenvalue weighted by Crippen LogP contribution is 2.67. The molecule has 3 nitrogen and oxygen atoms in total. The van der Waals surface area contributed by atoms with Gasteiger partial charge in [-0.1, -0.05) is 36.4 Å². The van der Waals surface area contributed by atoms with Crippen LogP contribution in [-0.2, 0) is 10.2 Å². The monoisotopic (exact) mass is 445 g/mol. The van der Waals surface area contributed by atoms with E-state index >= 15 is 0 Å². The van der Waals surface area contributed by atoms with Crippen molar-refractivity contribution in [1.29, 1.82) is 0 Å².